The van der Waals surface area contributed by atoms with Crippen molar-refractivity contribution in [2.45, 2.75) is 50.5 Å². The van der Waals surface area contributed by atoms with Gasteiger partial charge in [0.15, 0.2) is 11.5 Å². The van der Waals surface area contributed by atoms with Gasteiger partial charge in [0.1, 0.15) is 5.78 Å². The van der Waals surface area contributed by atoms with Crippen LogP contribution in [-0.4, -0.2) is 31.1 Å². The van der Waals surface area contributed by atoms with Gasteiger partial charge in [-0.2, -0.15) is 0 Å². The summed E-state index contributed by atoms with van der Waals surface area (Å²) in [6, 6.07) is 4.23. The number of rotatable bonds is 3. The maximum absolute atomic E-state index is 12.2. The molecule has 2 N–H and O–H groups in total. The summed E-state index contributed by atoms with van der Waals surface area (Å²) in [4.78, 5) is 12.2. The van der Waals surface area contributed by atoms with Gasteiger partial charge in [-0.25, -0.2) is 0 Å². The second-order valence-electron chi connectivity index (χ2n) is 6.62. The maximum Gasteiger partial charge on any atom is 0.161 e. The molecule has 0 radical (unpaired) electrons. The molecule has 1 saturated carbocycles. The molecule has 0 saturated heterocycles. The zero-order valence-electron chi connectivity index (χ0n) is 13.6. The van der Waals surface area contributed by atoms with Gasteiger partial charge in [-0.3, -0.25) is 4.79 Å². The number of carbonyl (C=O) groups excluding carboxylic acids is 1. The van der Waals surface area contributed by atoms with E-state index in [-0.39, 0.29) is 11.2 Å². The monoisotopic (exact) mass is 303 g/mol. The number of nitrogens with one attached hydrogen (secondary N) is 1. The van der Waals surface area contributed by atoms with Crippen LogP contribution in [0, 0.1) is 5.92 Å². The molecule has 1 fully saturated rings. The minimum Gasteiger partial charge on any atom is -0.504 e. The summed E-state index contributed by atoms with van der Waals surface area (Å²) in [6.07, 6.45) is 3.83. The molecule has 1 aromatic rings. The molecular weight excluding hydrogens is 278 g/mol. The maximum atomic E-state index is 12.2. The van der Waals surface area contributed by atoms with Crippen molar-refractivity contribution in [2.24, 2.45) is 5.92 Å². The minimum absolute atomic E-state index is 0.233. The minimum atomic E-state index is -0.269. The summed E-state index contributed by atoms with van der Waals surface area (Å²) in [7, 11) is 3.57. The number of benzene rings is 1. The van der Waals surface area contributed by atoms with Gasteiger partial charge in [0.05, 0.1) is 7.11 Å². The summed E-state index contributed by atoms with van der Waals surface area (Å²) in [6.45, 7) is 2.13. The Hall–Kier alpha value is -1.55. The Balaban J connectivity index is 2.23. The van der Waals surface area contributed by atoms with E-state index in [4.69, 9.17) is 4.74 Å². The van der Waals surface area contributed by atoms with Gasteiger partial charge in [-0.1, -0.05) is 13.0 Å². The number of Topliss-reactive ketones (excluding diaryl/α,β-unsaturated/α-hetero) is 1. The number of aromatic hydroxyl groups is 1. The fourth-order valence-corrected chi connectivity index (χ4v) is 4.77. The second-order valence-corrected chi connectivity index (χ2v) is 6.62. The highest BCUT2D eigenvalue weighted by atomic mass is 16.5. The van der Waals surface area contributed by atoms with Crippen molar-refractivity contribution in [3.63, 3.8) is 0 Å². The molecule has 3 atom stereocenters. The highest BCUT2D eigenvalue weighted by Gasteiger charge is 2.51. The van der Waals surface area contributed by atoms with E-state index in [2.05, 4.69) is 12.2 Å². The molecule has 0 heterocycles. The number of methoxy groups -OCH3 is 1. The van der Waals surface area contributed by atoms with Gasteiger partial charge in [-0.15, -0.1) is 0 Å². The van der Waals surface area contributed by atoms with E-state index in [1.54, 1.807) is 7.11 Å². The smallest absolute Gasteiger partial charge is 0.161 e. The number of hydrogen-bond donors (Lipinski definition) is 2. The van der Waals surface area contributed by atoms with Crippen LogP contribution < -0.4 is 10.1 Å². The quantitative estimate of drug-likeness (QED) is 0.901. The second kappa shape index (κ2) is 5.58. The number of phenolic OH excluding ortho intramolecular Hbond substituents is 1. The average molecular weight is 303 g/mol. The number of hydrogen-bond acceptors (Lipinski definition) is 4. The molecule has 0 aliphatic heterocycles. The Bertz CT molecular complexity index is 598. The van der Waals surface area contributed by atoms with Crippen LogP contribution in [0.25, 0.3) is 0 Å². The van der Waals surface area contributed by atoms with Crippen LogP contribution in [0.1, 0.15) is 43.7 Å². The topological polar surface area (TPSA) is 58.6 Å². The van der Waals surface area contributed by atoms with E-state index in [0.717, 1.165) is 30.4 Å². The zero-order valence-corrected chi connectivity index (χ0v) is 13.6. The largest absolute Gasteiger partial charge is 0.504 e. The molecule has 2 aliphatic carbocycles. The third kappa shape index (κ3) is 2.04. The molecule has 0 amide bonds. The van der Waals surface area contributed by atoms with Gasteiger partial charge in [-0.05, 0) is 43.9 Å². The Morgan fingerprint density at radius 1 is 1.45 bits per heavy atom. The number of ketones is 1. The molecule has 2 aliphatic rings. The first-order valence-electron chi connectivity index (χ1n) is 8.15. The summed E-state index contributed by atoms with van der Waals surface area (Å²) < 4.78 is 5.31. The van der Waals surface area contributed by atoms with Gasteiger partial charge >= 0.3 is 0 Å². The lowest BCUT2D eigenvalue weighted by Gasteiger charge is -2.51. The molecular formula is C18H25NO3. The van der Waals surface area contributed by atoms with Crippen LogP contribution in [-0.2, 0) is 16.6 Å². The predicted molar refractivity (Wildman–Crippen MR) is 85.5 cm³/mol. The Morgan fingerprint density at radius 3 is 2.86 bits per heavy atom. The first kappa shape index (κ1) is 15.3. The van der Waals surface area contributed by atoms with Crippen molar-refractivity contribution in [3.8, 4) is 11.5 Å². The van der Waals surface area contributed by atoms with E-state index in [1.165, 1.54) is 0 Å². The standard InChI is InChI=1S/C18H25NO3/c1-4-18-10-12(20)6-7-13(18)14(19-2)9-11-5-8-15(22-3)17(21)16(11)18/h5,8,13-14,19,21H,4,6-7,9-10H2,1-3H3. The SMILES string of the molecule is CCC12CC(=O)CCC1C(NC)Cc1ccc(OC)c(O)c12. The van der Waals surface area contributed by atoms with Crippen LogP contribution in [0.5, 0.6) is 11.5 Å². The van der Waals surface area contributed by atoms with Gasteiger partial charge in [0.2, 0.25) is 0 Å². The number of fused-ring (bicyclic) bond motifs is 3. The normalized spacial score (nSPS) is 30.6. The number of carbonyl (C=O) groups is 1. The van der Waals surface area contributed by atoms with Crippen molar-refractivity contribution in [1.29, 1.82) is 0 Å². The molecule has 3 rings (SSSR count). The van der Waals surface area contributed by atoms with Crippen LogP contribution >= 0.6 is 0 Å². The van der Waals surface area contributed by atoms with Crippen molar-refractivity contribution < 1.29 is 14.6 Å². The molecule has 1 aromatic carbocycles. The summed E-state index contributed by atoms with van der Waals surface area (Å²) >= 11 is 0. The molecule has 0 spiro atoms. The predicted octanol–water partition coefficient (Wildman–Crippen LogP) is 2.56. The fraction of sp³-hybridized carbons (Fsp3) is 0.611. The molecule has 22 heavy (non-hydrogen) atoms. The summed E-state index contributed by atoms with van der Waals surface area (Å²) in [5, 5.41) is 14.2. The fourth-order valence-electron chi connectivity index (χ4n) is 4.77. The van der Waals surface area contributed by atoms with E-state index in [9.17, 15) is 9.90 Å². The third-order valence-electron chi connectivity index (χ3n) is 5.83. The molecule has 4 heteroatoms. The van der Waals surface area contributed by atoms with Crippen LogP contribution in [0.4, 0.5) is 0 Å². The van der Waals surface area contributed by atoms with Crippen molar-refractivity contribution in [2.75, 3.05) is 14.2 Å². The van der Waals surface area contributed by atoms with Crippen LogP contribution in [0.3, 0.4) is 0 Å². The van der Waals surface area contributed by atoms with Crippen LogP contribution in [0.2, 0.25) is 0 Å². The molecule has 3 unspecified atom stereocenters. The number of likely N-dealkylation sites (N-methyl/N-ethyl adjacent to an activating group) is 1. The van der Waals surface area contributed by atoms with Crippen LogP contribution in [0.15, 0.2) is 12.1 Å². The molecule has 0 aromatic heterocycles. The van der Waals surface area contributed by atoms with E-state index >= 15 is 0 Å². The third-order valence-corrected chi connectivity index (χ3v) is 5.83. The molecule has 120 valence electrons. The molecule has 0 bridgehead atoms. The van der Waals surface area contributed by atoms with E-state index < -0.39 is 0 Å². The highest BCUT2D eigenvalue weighted by molar-refractivity contribution is 5.82. The van der Waals surface area contributed by atoms with Crippen molar-refractivity contribution in [3.05, 3.63) is 23.3 Å². The van der Waals surface area contributed by atoms with Gasteiger partial charge in [0.25, 0.3) is 0 Å². The average Bonchev–Trinajstić information content (AvgIpc) is 2.53. The summed E-state index contributed by atoms with van der Waals surface area (Å²) in [5.74, 6) is 1.43. The lowest BCUT2D eigenvalue weighted by Crippen LogP contribution is -2.54. The lowest BCUT2D eigenvalue weighted by molar-refractivity contribution is -0.124. The van der Waals surface area contributed by atoms with Gasteiger partial charge < -0.3 is 15.2 Å². The Labute approximate surface area is 131 Å². The molecule has 4 nitrogen and oxygen atoms in total. The number of phenols is 1. The zero-order chi connectivity index (χ0) is 15.9. The van der Waals surface area contributed by atoms with E-state index in [0.29, 0.717) is 36.3 Å². The first-order valence-corrected chi connectivity index (χ1v) is 8.15. The lowest BCUT2D eigenvalue weighted by atomic mass is 9.54. The summed E-state index contributed by atoms with van der Waals surface area (Å²) in [5.41, 5.74) is 1.83. The van der Waals surface area contributed by atoms with E-state index in [1.807, 2.05) is 19.2 Å². The van der Waals surface area contributed by atoms with Gasteiger partial charge in [0, 0.05) is 29.9 Å². The highest BCUT2D eigenvalue weighted by Crippen LogP contribution is 2.55. The Morgan fingerprint density at radius 2 is 2.23 bits per heavy atom. The van der Waals surface area contributed by atoms with Crippen molar-refractivity contribution in [1.82, 2.24) is 5.32 Å². The Kier molecular flexibility index (Phi) is 3.89. The number of ether oxygens (including phenoxy) is 1. The first-order chi connectivity index (χ1) is 10.6. The van der Waals surface area contributed by atoms with Crippen molar-refractivity contribution >= 4 is 5.78 Å².